The Morgan fingerprint density at radius 2 is 0.812 bits per heavy atom. The third kappa shape index (κ3) is 5.88. The number of carbonyl (C=O) groups is 4. The molecule has 4 heterocycles. The fraction of sp³-hybridized carbons (Fsp3) is 0.800. The van der Waals surface area contributed by atoms with Crippen LogP contribution >= 0.6 is 0 Å². The lowest BCUT2D eigenvalue weighted by atomic mass is 10.2. The first-order chi connectivity index (χ1) is 15.5. The van der Waals surface area contributed by atoms with E-state index in [2.05, 4.69) is 9.80 Å². The number of hydrogen-bond acceptors (Lipinski definition) is 10. The van der Waals surface area contributed by atoms with E-state index in [4.69, 9.17) is 9.47 Å². The van der Waals surface area contributed by atoms with E-state index in [0.717, 1.165) is 26.2 Å². The molecule has 12 heteroatoms. The molecule has 0 N–H and O–H groups in total. The maximum absolute atomic E-state index is 12.6. The zero-order chi connectivity index (χ0) is 22.5. The first kappa shape index (κ1) is 23.2. The summed E-state index contributed by atoms with van der Waals surface area (Å²) in [6.45, 7) is 7.55. The number of carbonyl (C=O) groups excluding carboxylic acids is 4. The molecule has 32 heavy (non-hydrogen) atoms. The van der Waals surface area contributed by atoms with Crippen molar-refractivity contribution in [3.63, 3.8) is 0 Å². The minimum atomic E-state index is -0.291. The third-order valence-corrected chi connectivity index (χ3v) is 6.19. The van der Waals surface area contributed by atoms with Crippen molar-refractivity contribution in [1.29, 1.82) is 0 Å². The van der Waals surface area contributed by atoms with Crippen molar-refractivity contribution in [3.05, 3.63) is 0 Å². The molecule has 4 aliphatic rings. The molecule has 178 valence electrons. The number of hydrogen-bond donors (Lipinski definition) is 0. The van der Waals surface area contributed by atoms with E-state index in [1.54, 1.807) is 0 Å². The first-order valence-corrected chi connectivity index (χ1v) is 11.2. The molecule has 0 aromatic heterocycles. The number of ether oxygens (including phenoxy) is 2. The SMILES string of the molecule is O=C1CN(CN2CCOCC2)CC(=O)N1CCN1C(=O)CN(CN2CCOCC2)CC1=O. The zero-order valence-corrected chi connectivity index (χ0v) is 18.4. The van der Waals surface area contributed by atoms with E-state index in [1.165, 1.54) is 9.80 Å². The van der Waals surface area contributed by atoms with Gasteiger partial charge in [0.05, 0.1) is 65.9 Å². The summed E-state index contributed by atoms with van der Waals surface area (Å²) in [6, 6.07) is 0. The predicted molar refractivity (Wildman–Crippen MR) is 111 cm³/mol. The van der Waals surface area contributed by atoms with E-state index >= 15 is 0 Å². The molecule has 4 fully saturated rings. The van der Waals surface area contributed by atoms with Gasteiger partial charge in [-0.2, -0.15) is 0 Å². The number of rotatable bonds is 7. The van der Waals surface area contributed by atoms with Crippen molar-refractivity contribution >= 4 is 23.6 Å². The lowest BCUT2D eigenvalue weighted by Crippen LogP contribution is -2.60. The van der Waals surface area contributed by atoms with Crippen molar-refractivity contribution in [2.24, 2.45) is 0 Å². The van der Waals surface area contributed by atoms with Gasteiger partial charge in [-0.1, -0.05) is 0 Å². The maximum Gasteiger partial charge on any atom is 0.243 e. The highest BCUT2D eigenvalue weighted by Crippen LogP contribution is 2.11. The van der Waals surface area contributed by atoms with Crippen LogP contribution in [0.2, 0.25) is 0 Å². The fourth-order valence-electron chi connectivity index (χ4n) is 4.45. The predicted octanol–water partition coefficient (Wildman–Crippen LogP) is -3.09. The normalized spacial score (nSPS) is 25.8. The Kier molecular flexibility index (Phi) is 7.81. The lowest BCUT2D eigenvalue weighted by molar-refractivity contribution is -0.158. The quantitative estimate of drug-likeness (QED) is 0.369. The first-order valence-electron chi connectivity index (χ1n) is 11.2. The number of piperazine rings is 2. The Bertz CT molecular complexity index is 627. The molecule has 0 radical (unpaired) electrons. The van der Waals surface area contributed by atoms with Gasteiger partial charge in [0.1, 0.15) is 0 Å². The Labute approximate surface area is 187 Å². The number of amides is 4. The Hall–Kier alpha value is -1.96. The molecule has 0 saturated carbocycles. The van der Waals surface area contributed by atoms with Gasteiger partial charge in [0.2, 0.25) is 23.6 Å². The molecule has 0 spiro atoms. The van der Waals surface area contributed by atoms with Gasteiger partial charge in [-0.05, 0) is 0 Å². The topological polar surface area (TPSA) is 106 Å². The smallest absolute Gasteiger partial charge is 0.243 e. The molecular weight excluding hydrogens is 420 g/mol. The van der Waals surface area contributed by atoms with Crippen LogP contribution in [0, 0.1) is 0 Å². The van der Waals surface area contributed by atoms with Crippen LogP contribution in [0.15, 0.2) is 0 Å². The molecule has 0 aliphatic carbocycles. The van der Waals surface area contributed by atoms with Crippen molar-refractivity contribution in [1.82, 2.24) is 29.4 Å². The second-order valence-electron chi connectivity index (χ2n) is 8.60. The molecule has 4 aliphatic heterocycles. The molecule has 0 unspecified atom stereocenters. The van der Waals surface area contributed by atoms with Crippen molar-refractivity contribution in [3.8, 4) is 0 Å². The van der Waals surface area contributed by atoms with E-state index in [-0.39, 0.29) is 62.9 Å². The highest BCUT2D eigenvalue weighted by Gasteiger charge is 2.35. The Morgan fingerprint density at radius 3 is 1.12 bits per heavy atom. The molecular formula is C20H32N6O6. The van der Waals surface area contributed by atoms with Crippen LogP contribution in [0.1, 0.15) is 0 Å². The standard InChI is InChI=1S/C20H32N6O6/c27-17-11-23(15-21-3-7-31-8-4-21)12-18(28)25(17)1-2-26-19(29)13-24(14-20(26)30)16-22-5-9-32-10-6-22/h1-16H2. The van der Waals surface area contributed by atoms with Gasteiger partial charge < -0.3 is 9.47 Å². The molecule has 4 rings (SSSR count). The largest absolute Gasteiger partial charge is 0.379 e. The second-order valence-corrected chi connectivity index (χ2v) is 8.60. The average Bonchev–Trinajstić information content (AvgIpc) is 2.76. The van der Waals surface area contributed by atoms with Gasteiger partial charge in [-0.25, -0.2) is 0 Å². The zero-order valence-electron chi connectivity index (χ0n) is 18.4. The summed E-state index contributed by atoms with van der Waals surface area (Å²) >= 11 is 0. The molecule has 0 aromatic carbocycles. The fourth-order valence-corrected chi connectivity index (χ4v) is 4.45. The molecule has 0 bridgehead atoms. The van der Waals surface area contributed by atoms with Crippen molar-refractivity contribution in [2.75, 3.05) is 105 Å². The summed E-state index contributed by atoms with van der Waals surface area (Å²) in [4.78, 5) is 60.6. The summed E-state index contributed by atoms with van der Waals surface area (Å²) in [5, 5.41) is 0. The summed E-state index contributed by atoms with van der Waals surface area (Å²) in [5.74, 6) is -1.17. The van der Waals surface area contributed by atoms with Crippen LogP contribution in [-0.2, 0) is 28.7 Å². The van der Waals surface area contributed by atoms with Gasteiger partial charge in [0.15, 0.2) is 0 Å². The van der Waals surface area contributed by atoms with Crippen LogP contribution in [-0.4, -0.2) is 158 Å². The van der Waals surface area contributed by atoms with Crippen LogP contribution in [0.3, 0.4) is 0 Å². The van der Waals surface area contributed by atoms with E-state index in [0.29, 0.717) is 39.8 Å². The monoisotopic (exact) mass is 452 g/mol. The van der Waals surface area contributed by atoms with Crippen LogP contribution in [0.25, 0.3) is 0 Å². The van der Waals surface area contributed by atoms with Crippen LogP contribution in [0.5, 0.6) is 0 Å². The minimum Gasteiger partial charge on any atom is -0.379 e. The highest BCUT2D eigenvalue weighted by molar-refractivity contribution is 6.01. The van der Waals surface area contributed by atoms with Crippen LogP contribution < -0.4 is 0 Å². The Morgan fingerprint density at radius 1 is 0.500 bits per heavy atom. The van der Waals surface area contributed by atoms with Gasteiger partial charge in [0, 0.05) is 39.3 Å². The molecule has 0 aromatic rings. The lowest BCUT2D eigenvalue weighted by Gasteiger charge is -2.39. The number of morpholine rings is 2. The summed E-state index contributed by atoms with van der Waals surface area (Å²) < 4.78 is 10.7. The van der Waals surface area contributed by atoms with Crippen LogP contribution in [0.4, 0.5) is 0 Å². The highest BCUT2D eigenvalue weighted by atomic mass is 16.5. The molecule has 4 amide bonds. The summed E-state index contributed by atoms with van der Waals surface area (Å²) in [5.41, 5.74) is 0. The number of nitrogens with zero attached hydrogens (tertiary/aromatic N) is 6. The average molecular weight is 453 g/mol. The Balaban J connectivity index is 1.23. The van der Waals surface area contributed by atoms with Gasteiger partial charge in [-0.3, -0.25) is 48.6 Å². The van der Waals surface area contributed by atoms with Gasteiger partial charge in [-0.15, -0.1) is 0 Å². The maximum atomic E-state index is 12.6. The summed E-state index contributed by atoms with van der Waals surface area (Å²) in [7, 11) is 0. The second kappa shape index (κ2) is 10.8. The van der Waals surface area contributed by atoms with E-state index < -0.39 is 0 Å². The van der Waals surface area contributed by atoms with Gasteiger partial charge in [0.25, 0.3) is 0 Å². The summed E-state index contributed by atoms with van der Waals surface area (Å²) in [6.07, 6.45) is 0. The van der Waals surface area contributed by atoms with Crippen molar-refractivity contribution in [2.45, 2.75) is 0 Å². The molecule has 12 nitrogen and oxygen atoms in total. The van der Waals surface area contributed by atoms with E-state index in [9.17, 15) is 19.2 Å². The van der Waals surface area contributed by atoms with E-state index in [1.807, 2.05) is 9.80 Å². The molecule has 0 atom stereocenters. The minimum absolute atomic E-state index is 0.0456. The molecule has 4 saturated heterocycles. The van der Waals surface area contributed by atoms with Crippen molar-refractivity contribution < 1.29 is 28.7 Å². The number of imide groups is 2. The van der Waals surface area contributed by atoms with Gasteiger partial charge >= 0.3 is 0 Å². The third-order valence-electron chi connectivity index (χ3n) is 6.19.